The molecule has 1 aromatic carbocycles. The Balaban J connectivity index is 1.18. The highest BCUT2D eigenvalue weighted by molar-refractivity contribution is 5.48. The van der Waals surface area contributed by atoms with Crippen molar-refractivity contribution in [2.45, 2.75) is 18.9 Å². The van der Waals surface area contributed by atoms with Crippen LogP contribution in [0.3, 0.4) is 0 Å². The molecular weight excluding hydrogens is 284 g/mol. The monoisotopic (exact) mass is 314 g/mol. The maximum atomic E-state index is 3.48. The Bertz CT molecular complexity index is 471. The number of rotatable bonds is 4. The van der Waals surface area contributed by atoms with E-state index < -0.39 is 0 Å². The predicted octanol–water partition coefficient (Wildman–Crippen LogP) is 1.49. The van der Waals surface area contributed by atoms with E-state index in [1.54, 1.807) is 0 Å². The molecule has 4 nitrogen and oxygen atoms in total. The normalized spacial score (nSPS) is 25.5. The summed E-state index contributed by atoms with van der Waals surface area (Å²) in [7, 11) is 0. The quantitative estimate of drug-likeness (QED) is 0.909. The van der Waals surface area contributed by atoms with Crippen LogP contribution in [0.15, 0.2) is 30.3 Å². The minimum absolute atomic E-state index is 0.843. The summed E-state index contributed by atoms with van der Waals surface area (Å²) < 4.78 is 0. The van der Waals surface area contributed by atoms with Crippen molar-refractivity contribution in [3.63, 3.8) is 0 Å². The van der Waals surface area contributed by atoms with Gasteiger partial charge >= 0.3 is 0 Å². The maximum Gasteiger partial charge on any atom is 0.0366 e. The molecule has 3 aliphatic heterocycles. The third kappa shape index (κ3) is 3.70. The first-order chi connectivity index (χ1) is 11.4. The van der Waals surface area contributed by atoms with Crippen LogP contribution in [0.1, 0.15) is 12.8 Å². The first-order valence-corrected chi connectivity index (χ1v) is 9.35. The number of hydrogen-bond donors (Lipinski definition) is 1. The zero-order chi connectivity index (χ0) is 15.5. The number of nitrogens with zero attached hydrogens (tertiary/aromatic N) is 3. The number of para-hydroxylation sites is 1. The Morgan fingerprint density at radius 2 is 1.61 bits per heavy atom. The fourth-order valence-electron chi connectivity index (χ4n) is 4.38. The lowest BCUT2D eigenvalue weighted by Crippen LogP contribution is -2.56. The molecule has 0 radical (unpaired) electrons. The highest BCUT2D eigenvalue weighted by atomic mass is 15.3. The predicted molar refractivity (Wildman–Crippen MR) is 96.0 cm³/mol. The third-order valence-corrected chi connectivity index (χ3v) is 5.83. The van der Waals surface area contributed by atoms with Crippen LogP contribution in [0.5, 0.6) is 0 Å². The van der Waals surface area contributed by atoms with E-state index in [2.05, 4.69) is 50.3 Å². The van der Waals surface area contributed by atoms with E-state index in [1.807, 2.05) is 0 Å². The van der Waals surface area contributed by atoms with Gasteiger partial charge in [-0.1, -0.05) is 18.2 Å². The molecule has 23 heavy (non-hydrogen) atoms. The van der Waals surface area contributed by atoms with Crippen LogP contribution in [-0.2, 0) is 0 Å². The third-order valence-electron chi connectivity index (χ3n) is 5.83. The second-order valence-electron chi connectivity index (χ2n) is 7.42. The van der Waals surface area contributed by atoms with E-state index in [9.17, 15) is 0 Å². The van der Waals surface area contributed by atoms with E-state index in [-0.39, 0.29) is 0 Å². The number of hydrogen-bond acceptors (Lipinski definition) is 4. The van der Waals surface area contributed by atoms with E-state index >= 15 is 0 Å². The molecule has 3 aliphatic rings. The highest BCUT2D eigenvalue weighted by Gasteiger charge is 2.30. The van der Waals surface area contributed by atoms with Crippen LogP contribution in [0.4, 0.5) is 5.69 Å². The number of piperidine rings is 1. The van der Waals surface area contributed by atoms with Gasteiger partial charge in [-0.05, 0) is 38.1 Å². The standard InChI is InChI=1S/C19H30N4/c1-2-4-18(5-3-1)23-15-17(16-23)14-21-10-12-22(13-11-21)19-6-8-20-9-7-19/h1-5,17,19-20H,6-16H2. The molecule has 126 valence electrons. The molecule has 0 atom stereocenters. The van der Waals surface area contributed by atoms with Gasteiger partial charge < -0.3 is 15.1 Å². The highest BCUT2D eigenvalue weighted by Crippen LogP contribution is 2.25. The molecular formula is C19H30N4. The van der Waals surface area contributed by atoms with Crippen LogP contribution >= 0.6 is 0 Å². The molecule has 4 rings (SSSR count). The summed E-state index contributed by atoms with van der Waals surface area (Å²) in [6.45, 7) is 11.3. The molecule has 0 aromatic heterocycles. The summed E-state index contributed by atoms with van der Waals surface area (Å²) in [5.74, 6) is 0.862. The van der Waals surface area contributed by atoms with E-state index in [0.717, 1.165) is 12.0 Å². The zero-order valence-electron chi connectivity index (χ0n) is 14.2. The van der Waals surface area contributed by atoms with E-state index in [1.165, 1.54) is 77.4 Å². The fourth-order valence-corrected chi connectivity index (χ4v) is 4.38. The van der Waals surface area contributed by atoms with Crippen molar-refractivity contribution in [1.82, 2.24) is 15.1 Å². The van der Waals surface area contributed by atoms with E-state index in [4.69, 9.17) is 0 Å². The average molecular weight is 314 g/mol. The molecule has 0 bridgehead atoms. The lowest BCUT2D eigenvalue weighted by atomic mass is 9.97. The molecule has 0 aliphatic carbocycles. The van der Waals surface area contributed by atoms with Gasteiger partial charge in [0.05, 0.1) is 0 Å². The number of benzene rings is 1. The van der Waals surface area contributed by atoms with Crippen molar-refractivity contribution in [1.29, 1.82) is 0 Å². The van der Waals surface area contributed by atoms with Crippen molar-refractivity contribution in [2.24, 2.45) is 5.92 Å². The SMILES string of the molecule is c1ccc(N2CC(CN3CCN(C4CCNCC4)CC3)C2)cc1. The maximum absolute atomic E-state index is 3.48. The lowest BCUT2D eigenvalue weighted by molar-refractivity contribution is 0.0707. The summed E-state index contributed by atoms with van der Waals surface area (Å²) in [5, 5.41) is 3.48. The Kier molecular flexibility index (Phi) is 4.83. The molecule has 3 heterocycles. The second-order valence-corrected chi connectivity index (χ2v) is 7.42. The van der Waals surface area contributed by atoms with Gasteiger partial charge in [0.1, 0.15) is 0 Å². The molecule has 4 heteroatoms. The van der Waals surface area contributed by atoms with Crippen LogP contribution in [-0.4, -0.2) is 74.7 Å². The Morgan fingerprint density at radius 3 is 2.30 bits per heavy atom. The van der Waals surface area contributed by atoms with Gasteiger partial charge in [-0.3, -0.25) is 4.90 Å². The number of anilines is 1. The largest absolute Gasteiger partial charge is 0.371 e. The van der Waals surface area contributed by atoms with Crippen LogP contribution in [0.2, 0.25) is 0 Å². The Hall–Kier alpha value is -1.10. The van der Waals surface area contributed by atoms with Gasteiger partial charge in [-0.15, -0.1) is 0 Å². The molecule has 0 amide bonds. The first-order valence-electron chi connectivity index (χ1n) is 9.35. The molecule has 1 N–H and O–H groups in total. The van der Waals surface area contributed by atoms with Crippen LogP contribution < -0.4 is 10.2 Å². The number of piperazine rings is 1. The van der Waals surface area contributed by atoms with Gasteiger partial charge in [-0.2, -0.15) is 0 Å². The fraction of sp³-hybridized carbons (Fsp3) is 0.684. The van der Waals surface area contributed by atoms with Gasteiger partial charge in [0, 0.05) is 63.5 Å². The summed E-state index contributed by atoms with van der Waals surface area (Å²) in [6, 6.07) is 11.7. The molecule has 0 unspecified atom stereocenters. The second kappa shape index (κ2) is 7.20. The molecule has 1 aromatic rings. The number of nitrogens with one attached hydrogen (secondary N) is 1. The Morgan fingerprint density at radius 1 is 0.913 bits per heavy atom. The topological polar surface area (TPSA) is 21.8 Å². The smallest absolute Gasteiger partial charge is 0.0366 e. The molecule has 3 saturated heterocycles. The summed E-state index contributed by atoms with van der Waals surface area (Å²) in [5.41, 5.74) is 1.39. The minimum atomic E-state index is 0.843. The lowest BCUT2D eigenvalue weighted by Gasteiger charge is -2.46. The van der Waals surface area contributed by atoms with Crippen molar-refractivity contribution in [2.75, 3.05) is 63.8 Å². The van der Waals surface area contributed by atoms with Gasteiger partial charge in [0.2, 0.25) is 0 Å². The van der Waals surface area contributed by atoms with Crippen molar-refractivity contribution < 1.29 is 0 Å². The summed E-state index contributed by atoms with van der Waals surface area (Å²) >= 11 is 0. The van der Waals surface area contributed by atoms with Crippen molar-refractivity contribution >= 4 is 5.69 Å². The van der Waals surface area contributed by atoms with Crippen LogP contribution in [0.25, 0.3) is 0 Å². The summed E-state index contributed by atoms with van der Waals surface area (Å²) in [4.78, 5) is 7.95. The Labute approximate surface area is 140 Å². The first kappa shape index (κ1) is 15.4. The average Bonchev–Trinajstić information content (AvgIpc) is 2.60. The van der Waals surface area contributed by atoms with Gasteiger partial charge in [0.25, 0.3) is 0 Å². The molecule has 0 saturated carbocycles. The minimum Gasteiger partial charge on any atom is -0.371 e. The molecule has 0 spiro atoms. The van der Waals surface area contributed by atoms with Crippen molar-refractivity contribution in [3.8, 4) is 0 Å². The van der Waals surface area contributed by atoms with Crippen LogP contribution in [0, 0.1) is 5.92 Å². The zero-order valence-corrected chi connectivity index (χ0v) is 14.2. The van der Waals surface area contributed by atoms with Gasteiger partial charge in [-0.25, -0.2) is 0 Å². The molecule has 3 fully saturated rings. The van der Waals surface area contributed by atoms with Gasteiger partial charge in [0.15, 0.2) is 0 Å². The summed E-state index contributed by atoms with van der Waals surface area (Å²) in [6.07, 6.45) is 2.68. The van der Waals surface area contributed by atoms with Crippen molar-refractivity contribution in [3.05, 3.63) is 30.3 Å². The van der Waals surface area contributed by atoms with E-state index in [0.29, 0.717) is 0 Å².